The largest absolute Gasteiger partial charge is 0.506 e. The van der Waals surface area contributed by atoms with Crippen LogP contribution in [0.5, 0.6) is 5.75 Å². The zero-order chi connectivity index (χ0) is 22.3. The van der Waals surface area contributed by atoms with Gasteiger partial charge in [-0.25, -0.2) is 17.5 Å². The number of hydrogen-bond acceptors (Lipinski definition) is 6. The number of rotatable bonds is 5. The van der Waals surface area contributed by atoms with Crippen LogP contribution in [0.1, 0.15) is 22.3 Å². The fourth-order valence-electron chi connectivity index (χ4n) is 3.08. The number of anilines is 1. The first-order chi connectivity index (χ1) is 14.7. The molecule has 0 radical (unpaired) electrons. The van der Waals surface area contributed by atoms with Crippen molar-refractivity contribution in [2.24, 2.45) is 0 Å². The number of hydrogen-bond donors (Lipinski definition) is 2. The van der Waals surface area contributed by atoms with E-state index in [9.17, 15) is 22.7 Å². The number of amides is 1. The van der Waals surface area contributed by atoms with Crippen LogP contribution in [0.3, 0.4) is 0 Å². The van der Waals surface area contributed by atoms with Crippen molar-refractivity contribution >= 4 is 43.0 Å². The molecule has 1 amide bonds. The molecule has 2 aromatic heterocycles. The molecule has 2 aromatic carbocycles. The zero-order valence-corrected chi connectivity index (χ0v) is 18.2. The van der Waals surface area contributed by atoms with Gasteiger partial charge < -0.3 is 10.4 Å². The molecular formula is C21H18FN3O4S2. The topological polar surface area (TPSA) is 101 Å². The molecule has 10 heteroatoms. The summed E-state index contributed by atoms with van der Waals surface area (Å²) in [7, 11) is -3.49. The van der Waals surface area contributed by atoms with E-state index in [1.807, 2.05) is 6.92 Å². The molecule has 4 aromatic rings. The van der Waals surface area contributed by atoms with Gasteiger partial charge in [-0.1, -0.05) is 6.92 Å². The van der Waals surface area contributed by atoms with Crippen LogP contribution in [0, 0.1) is 12.7 Å². The Hall–Kier alpha value is -3.24. The van der Waals surface area contributed by atoms with Gasteiger partial charge in [-0.15, -0.1) is 11.3 Å². The Morgan fingerprint density at radius 1 is 1.19 bits per heavy atom. The van der Waals surface area contributed by atoms with E-state index in [-0.39, 0.29) is 27.9 Å². The second-order valence-corrected chi connectivity index (χ2v) is 10.1. The fraction of sp³-hybridized carbons (Fsp3) is 0.143. The van der Waals surface area contributed by atoms with E-state index in [0.29, 0.717) is 21.1 Å². The first kappa shape index (κ1) is 21.0. The summed E-state index contributed by atoms with van der Waals surface area (Å²) in [6, 6.07) is 11.3. The molecule has 0 aliphatic carbocycles. The van der Waals surface area contributed by atoms with E-state index in [2.05, 4.69) is 10.4 Å². The quantitative estimate of drug-likeness (QED) is 0.434. The van der Waals surface area contributed by atoms with E-state index in [1.54, 1.807) is 22.9 Å². The van der Waals surface area contributed by atoms with Gasteiger partial charge in [0.05, 0.1) is 32.6 Å². The van der Waals surface area contributed by atoms with E-state index in [0.717, 1.165) is 5.39 Å². The number of nitrogens with one attached hydrogen (secondary N) is 1. The van der Waals surface area contributed by atoms with Gasteiger partial charge in [0.1, 0.15) is 16.4 Å². The van der Waals surface area contributed by atoms with Crippen molar-refractivity contribution in [3.05, 3.63) is 64.9 Å². The third-order valence-corrected chi connectivity index (χ3v) is 7.64. The van der Waals surface area contributed by atoms with E-state index in [1.165, 1.54) is 48.6 Å². The predicted molar refractivity (Wildman–Crippen MR) is 117 cm³/mol. The first-order valence-electron chi connectivity index (χ1n) is 9.32. The number of halogens is 1. The zero-order valence-electron chi connectivity index (χ0n) is 16.6. The maximum Gasteiger partial charge on any atom is 0.265 e. The lowest BCUT2D eigenvalue weighted by Gasteiger charge is -2.09. The van der Waals surface area contributed by atoms with Gasteiger partial charge in [0.25, 0.3) is 5.91 Å². The summed E-state index contributed by atoms with van der Waals surface area (Å²) in [6.45, 7) is 3.33. The summed E-state index contributed by atoms with van der Waals surface area (Å²) in [5, 5.41) is 17.9. The highest BCUT2D eigenvalue weighted by Gasteiger charge is 2.20. The molecule has 0 fully saturated rings. The number of aromatic hydroxyl groups is 1. The Balaban J connectivity index is 1.69. The Morgan fingerprint density at radius 2 is 1.90 bits per heavy atom. The van der Waals surface area contributed by atoms with Crippen molar-refractivity contribution in [3.8, 4) is 11.4 Å². The monoisotopic (exact) mass is 459 g/mol. The molecule has 0 aliphatic heterocycles. The Kier molecular flexibility index (Phi) is 5.28. The van der Waals surface area contributed by atoms with Crippen molar-refractivity contribution in [2.45, 2.75) is 18.7 Å². The summed E-state index contributed by atoms with van der Waals surface area (Å²) < 4.78 is 39.1. The molecule has 0 unspecified atom stereocenters. The molecule has 0 atom stereocenters. The van der Waals surface area contributed by atoms with Crippen molar-refractivity contribution < 1.29 is 22.7 Å². The summed E-state index contributed by atoms with van der Waals surface area (Å²) >= 11 is 1.19. The number of thiophene rings is 1. The number of phenols is 1. The number of benzene rings is 2. The third kappa shape index (κ3) is 3.91. The van der Waals surface area contributed by atoms with Crippen LogP contribution in [0.4, 0.5) is 10.1 Å². The Labute approximate surface area is 181 Å². The average molecular weight is 460 g/mol. The number of aromatic nitrogens is 2. The molecule has 2 heterocycles. The lowest BCUT2D eigenvalue weighted by Crippen LogP contribution is -2.11. The standard InChI is InChI=1S/C21H18FN3O4S2/c1-3-31(28,29)15-8-9-18(26)17(10-15)23-20(27)19-11-16-12(2)24-25(21(16)30-19)14-6-4-13(22)5-7-14/h4-11,26H,3H2,1-2H3,(H,23,27). The minimum absolute atomic E-state index is 0.00821. The van der Waals surface area contributed by atoms with Crippen LogP contribution in [0.15, 0.2) is 53.4 Å². The van der Waals surface area contributed by atoms with Gasteiger partial charge >= 0.3 is 0 Å². The van der Waals surface area contributed by atoms with E-state index >= 15 is 0 Å². The Bertz CT molecular complexity index is 1410. The number of nitrogens with zero attached hydrogens (tertiary/aromatic N) is 2. The molecule has 0 saturated carbocycles. The highest BCUT2D eigenvalue weighted by atomic mass is 32.2. The number of sulfone groups is 1. The SMILES string of the molecule is CCS(=O)(=O)c1ccc(O)c(NC(=O)c2cc3c(C)nn(-c4ccc(F)cc4)c3s2)c1. The van der Waals surface area contributed by atoms with Crippen molar-refractivity contribution in [3.63, 3.8) is 0 Å². The second kappa shape index (κ2) is 7.78. The molecular weight excluding hydrogens is 441 g/mol. The minimum Gasteiger partial charge on any atom is -0.506 e. The van der Waals surface area contributed by atoms with Crippen molar-refractivity contribution in [2.75, 3.05) is 11.1 Å². The maximum atomic E-state index is 13.3. The Morgan fingerprint density at radius 3 is 2.58 bits per heavy atom. The summed E-state index contributed by atoms with van der Waals surface area (Å²) in [4.78, 5) is 13.9. The number of carbonyl (C=O) groups is 1. The lowest BCUT2D eigenvalue weighted by molar-refractivity contribution is 0.103. The van der Waals surface area contributed by atoms with Crippen LogP contribution >= 0.6 is 11.3 Å². The molecule has 0 saturated heterocycles. The number of aryl methyl sites for hydroxylation is 1. The highest BCUT2D eigenvalue weighted by molar-refractivity contribution is 7.91. The average Bonchev–Trinajstić information content (AvgIpc) is 3.31. The normalized spacial score (nSPS) is 11.7. The van der Waals surface area contributed by atoms with Gasteiger partial charge in [-0.05, 0) is 55.5 Å². The van der Waals surface area contributed by atoms with Gasteiger partial charge in [-0.2, -0.15) is 5.10 Å². The van der Waals surface area contributed by atoms with Crippen LogP contribution in [0.25, 0.3) is 15.9 Å². The molecule has 4 rings (SSSR count). The fourth-order valence-corrected chi connectivity index (χ4v) is 5.06. The summed E-state index contributed by atoms with van der Waals surface area (Å²) in [5.41, 5.74) is 1.37. The maximum absolute atomic E-state index is 13.3. The number of carbonyl (C=O) groups excluding carboxylic acids is 1. The molecule has 0 bridgehead atoms. The predicted octanol–water partition coefficient (Wildman–Crippen LogP) is 4.29. The molecule has 160 valence electrons. The minimum atomic E-state index is -3.49. The van der Waals surface area contributed by atoms with E-state index < -0.39 is 15.7 Å². The molecule has 31 heavy (non-hydrogen) atoms. The van der Waals surface area contributed by atoms with Crippen LogP contribution in [0.2, 0.25) is 0 Å². The number of fused-ring (bicyclic) bond motifs is 1. The molecule has 0 spiro atoms. The van der Waals surface area contributed by atoms with Crippen LogP contribution in [-0.4, -0.2) is 35.0 Å². The smallest absolute Gasteiger partial charge is 0.265 e. The first-order valence-corrected chi connectivity index (χ1v) is 11.8. The molecule has 0 aliphatic rings. The lowest BCUT2D eigenvalue weighted by atomic mass is 10.2. The van der Waals surface area contributed by atoms with Gasteiger partial charge in [0, 0.05) is 5.39 Å². The summed E-state index contributed by atoms with van der Waals surface area (Å²) in [6.07, 6.45) is 0. The van der Waals surface area contributed by atoms with E-state index in [4.69, 9.17) is 0 Å². The summed E-state index contributed by atoms with van der Waals surface area (Å²) in [5.74, 6) is -1.19. The molecule has 2 N–H and O–H groups in total. The second-order valence-electron chi connectivity index (χ2n) is 6.84. The van der Waals surface area contributed by atoms with Gasteiger partial charge in [0.2, 0.25) is 0 Å². The van der Waals surface area contributed by atoms with Crippen LogP contribution in [-0.2, 0) is 9.84 Å². The highest BCUT2D eigenvalue weighted by Crippen LogP contribution is 2.32. The van der Waals surface area contributed by atoms with Crippen molar-refractivity contribution in [1.82, 2.24) is 9.78 Å². The van der Waals surface area contributed by atoms with Gasteiger partial charge in [-0.3, -0.25) is 4.79 Å². The van der Waals surface area contributed by atoms with Crippen LogP contribution < -0.4 is 5.32 Å². The van der Waals surface area contributed by atoms with Gasteiger partial charge in [0.15, 0.2) is 9.84 Å². The molecule has 7 nitrogen and oxygen atoms in total. The van der Waals surface area contributed by atoms with Crippen molar-refractivity contribution in [1.29, 1.82) is 0 Å². The number of phenolic OH excluding ortho intramolecular Hbond substituents is 1. The third-order valence-electron chi connectivity index (χ3n) is 4.79.